The molecule has 0 saturated carbocycles. The van der Waals surface area contributed by atoms with E-state index in [9.17, 15) is 25.0 Å². The quantitative estimate of drug-likeness (QED) is 0.217. The first kappa shape index (κ1) is 23.7. The van der Waals surface area contributed by atoms with Gasteiger partial charge in [0.1, 0.15) is 27.0 Å². The zero-order valence-corrected chi connectivity index (χ0v) is 20.5. The first-order chi connectivity index (χ1) is 17.8. The molecule has 0 atom stereocenters. The maximum absolute atomic E-state index is 13.8. The summed E-state index contributed by atoms with van der Waals surface area (Å²) in [5.74, 6) is -0.872. The average Bonchev–Trinajstić information content (AvgIpc) is 3.56. The molecule has 9 nitrogen and oxygen atoms in total. The summed E-state index contributed by atoms with van der Waals surface area (Å²) >= 11 is 0.946. The Bertz CT molecular complexity index is 1950. The van der Waals surface area contributed by atoms with Crippen molar-refractivity contribution in [3.63, 3.8) is 0 Å². The number of furan rings is 1. The summed E-state index contributed by atoms with van der Waals surface area (Å²) in [7, 11) is 0. The molecule has 37 heavy (non-hydrogen) atoms. The Morgan fingerprint density at radius 1 is 1.14 bits per heavy atom. The molecule has 0 fully saturated rings. The third-order valence-electron chi connectivity index (χ3n) is 5.92. The number of thiazole rings is 1. The molecule has 5 rings (SSSR count). The van der Waals surface area contributed by atoms with Crippen molar-refractivity contribution in [2.75, 3.05) is 0 Å². The number of nitrogens with zero attached hydrogens (tertiary/aromatic N) is 3. The van der Waals surface area contributed by atoms with Gasteiger partial charge in [-0.3, -0.25) is 24.3 Å². The molecule has 0 aliphatic carbocycles. The number of ketones is 1. The van der Waals surface area contributed by atoms with Gasteiger partial charge in [-0.05, 0) is 37.6 Å². The molecule has 3 heterocycles. The lowest BCUT2D eigenvalue weighted by molar-refractivity contribution is -0.402. The molecule has 0 aliphatic rings. The van der Waals surface area contributed by atoms with E-state index in [0.29, 0.717) is 22.3 Å². The summed E-state index contributed by atoms with van der Waals surface area (Å²) in [5.41, 5.74) is 2.33. The number of fused-ring (bicyclic) bond motifs is 1. The van der Waals surface area contributed by atoms with Crippen LogP contribution in [0.25, 0.3) is 28.2 Å². The molecule has 5 aromatic rings. The molecule has 0 radical (unpaired) electrons. The van der Waals surface area contributed by atoms with Crippen LogP contribution in [0.3, 0.4) is 0 Å². The van der Waals surface area contributed by atoms with Gasteiger partial charge in [-0.15, -0.1) is 11.3 Å². The number of rotatable bonds is 5. The Morgan fingerprint density at radius 3 is 2.57 bits per heavy atom. The minimum absolute atomic E-state index is 0.103. The largest absolute Gasteiger partial charge is 0.433 e. The van der Waals surface area contributed by atoms with E-state index >= 15 is 0 Å². The smallest absolute Gasteiger partial charge is 0.401 e. The zero-order valence-electron chi connectivity index (χ0n) is 19.6. The van der Waals surface area contributed by atoms with E-state index in [0.717, 1.165) is 22.4 Å². The fourth-order valence-corrected chi connectivity index (χ4v) is 5.30. The summed E-state index contributed by atoms with van der Waals surface area (Å²) < 4.78 is 6.85. The van der Waals surface area contributed by atoms with Gasteiger partial charge in [0.05, 0.1) is 21.8 Å². The normalized spacial score (nSPS) is 12.5. The number of aromatic nitrogens is 2. The Morgan fingerprint density at radius 2 is 1.86 bits per heavy atom. The Labute approximate surface area is 213 Å². The van der Waals surface area contributed by atoms with E-state index in [1.54, 1.807) is 25.1 Å². The predicted molar refractivity (Wildman–Crippen MR) is 139 cm³/mol. The summed E-state index contributed by atoms with van der Waals surface area (Å²) in [6.07, 6.45) is 1.37. The number of carbonyl (C=O) groups excluding carboxylic acids is 1. The van der Waals surface area contributed by atoms with Crippen molar-refractivity contribution in [2.24, 2.45) is 0 Å². The number of aryl methyl sites for hydroxylation is 2. The molecule has 3 aromatic heterocycles. The van der Waals surface area contributed by atoms with Gasteiger partial charge in [0, 0.05) is 22.7 Å². The average molecular weight is 511 g/mol. The lowest BCUT2D eigenvalue weighted by Crippen LogP contribution is -2.32. The highest BCUT2D eigenvalue weighted by atomic mass is 32.1. The molecule has 0 bridgehead atoms. The number of Topliss-reactive ketones (excluding diaryl/α,β-unsaturated/α-hetero) is 1. The molecule has 1 N–H and O–H groups in total. The molecule has 2 aromatic carbocycles. The number of nitriles is 1. The van der Waals surface area contributed by atoms with Crippen LogP contribution in [0.4, 0.5) is 5.88 Å². The van der Waals surface area contributed by atoms with Crippen molar-refractivity contribution in [2.45, 2.75) is 13.8 Å². The predicted octanol–water partition coefficient (Wildman–Crippen LogP) is 3.88. The second-order valence-electron chi connectivity index (χ2n) is 8.26. The molecule has 182 valence electrons. The summed E-state index contributed by atoms with van der Waals surface area (Å²) in [5, 5.41) is 21.9. The van der Waals surface area contributed by atoms with Gasteiger partial charge in [0.15, 0.2) is 0 Å². The lowest BCUT2D eigenvalue weighted by Gasteiger charge is -2.07. The van der Waals surface area contributed by atoms with Crippen molar-refractivity contribution < 1.29 is 14.1 Å². The van der Waals surface area contributed by atoms with E-state index in [4.69, 9.17) is 4.42 Å². The van der Waals surface area contributed by atoms with Crippen LogP contribution in [-0.2, 0) is 0 Å². The number of nitro groups is 1. The third-order valence-corrected chi connectivity index (χ3v) is 7.01. The number of hydrogen-bond acceptors (Lipinski definition) is 7. The molecular formula is C27H18N4O5S. The highest BCUT2D eigenvalue weighted by molar-refractivity contribution is 7.07. The highest BCUT2D eigenvalue weighted by Gasteiger charge is 2.23. The van der Waals surface area contributed by atoms with Crippen LogP contribution >= 0.6 is 11.3 Å². The highest BCUT2D eigenvalue weighted by Crippen LogP contribution is 2.25. The van der Waals surface area contributed by atoms with Crippen molar-refractivity contribution in [1.29, 1.82) is 5.26 Å². The number of aromatic amines is 1. The van der Waals surface area contributed by atoms with Gasteiger partial charge in [-0.25, -0.2) is 0 Å². The first-order valence-corrected chi connectivity index (χ1v) is 11.9. The molecule has 0 aliphatic heterocycles. The van der Waals surface area contributed by atoms with Crippen LogP contribution in [0.15, 0.2) is 69.9 Å². The molecule has 0 unspecified atom stereocenters. The lowest BCUT2D eigenvalue weighted by atomic mass is 10.0. The second kappa shape index (κ2) is 9.22. The van der Waals surface area contributed by atoms with Gasteiger partial charge < -0.3 is 9.40 Å². The monoisotopic (exact) mass is 510 g/mol. The zero-order chi connectivity index (χ0) is 26.3. The molecular weight excluding hydrogens is 492 g/mol. The Balaban J connectivity index is 1.84. The van der Waals surface area contributed by atoms with Crippen LogP contribution < -0.4 is 14.8 Å². The van der Waals surface area contributed by atoms with Gasteiger partial charge in [-0.1, -0.05) is 36.4 Å². The maximum atomic E-state index is 13.8. The summed E-state index contributed by atoms with van der Waals surface area (Å²) in [4.78, 5) is 40.9. The van der Waals surface area contributed by atoms with Crippen molar-refractivity contribution >= 4 is 45.6 Å². The van der Waals surface area contributed by atoms with Crippen LogP contribution in [0, 0.1) is 35.3 Å². The Kier molecular flexibility index (Phi) is 5.91. The van der Waals surface area contributed by atoms with Gasteiger partial charge in [0.2, 0.25) is 5.78 Å². The number of carbonyl (C=O) groups is 1. The Hall–Kier alpha value is -5.01. The number of para-hydroxylation sites is 2. The van der Waals surface area contributed by atoms with E-state index < -0.39 is 22.2 Å². The van der Waals surface area contributed by atoms with E-state index in [1.807, 2.05) is 43.3 Å². The van der Waals surface area contributed by atoms with Gasteiger partial charge in [-0.2, -0.15) is 5.26 Å². The SMILES string of the molecule is Cc1ccccc1-n1c(=O)/c(=C\c2ccc([N+](=O)[O-])o2)s/c1=C(/C#N)C(=O)c1c(C)[nH]c2ccccc12. The fraction of sp³-hybridized carbons (Fsp3) is 0.0741. The van der Waals surface area contributed by atoms with Crippen LogP contribution in [-0.4, -0.2) is 20.3 Å². The molecule has 0 spiro atoms. The molecule has 0 amide bonds. The van der Waals surface area contributed by atoms with Gasteiger partial charge >= 0.3 is 5.88 Å². The minimum Gasteiger partial charge on any atom is -0.401 e. The van der Waals surface area contributed by atoms with Crippen LogP contribution in [0.5, 0.6) is 0 Å². The molecule has 10 heteroatoms. The fourth-order valence-electron chi connectivity index (χ4n) is 4.22. The van der Waals surface area contributed by atoms with E-state index in [1.165, 1.54) is 22.8 Å². The second-order valence-corrected chi connectivity index (χ2v) is 9.29. The van der Waals surface area contributed by atoms with Crippen molar-refractivity contribution in [3.8, 4) is 11.8 Å². The summed E-state index contributed by atoms with van der Waals surface area (Å²) in [6, 6.07) is 19.0. The maximum Gasteiger partial charge on any atom is 0.433 e. The number of H-pyrrole nitrogens is 1. The van der Waals surface area contributed by atoms with Crippen LogP contribution in [0.1, 0.15) is 27.4 Å². The third kappa shape index (κ3) is 4.07. The summed E-state index contributed by atoms with van der Waals surface area (Å²) in [6.45, 7) is 3.58. The van der Waals surface area contributed by atoms with E-state index in [-0.39, 0.29) is 20.5 Å². The standard InChI is InChI=1S/C27H18N4O5S/c1-15-7-3-6-10-21(15)30-26(33)22(13-17-11-12-23(36-17)31(34)35)37-27(30)19(14-28)25(32)24-16(2)29-20-9-5-4-8-18(20)24/h3-13,29H,1-2H3/b22-13+,27-19-. The van der Waals surface area contributed by atoms with E-state index in [2.05, 4.69) is 4.98 Å². The number of nitrogens with one attached hydrogen (secondary N) is 1. The number of benzene rings is 2. The van der Waals surface area contributed by atoms with Crippen molar-refractivity contribution in [1.82, 2.24) is 9.55 Å². The van der Waals surface area contributed by atoms with Crippen molar-refractivity contribution in [3.05, 3.63) is 113 Å². The topological polar surface area (TPSA) is 135 Å². The van der Waals surface area contributed by atoms with Gasteiger partial charge in [0.25, 0.3) is 5.56 Å². The van der Waals surface area contributed by atoms with Crippen LogP contribution in [0.2, 0.25) is 0 Å². The number of hydrogen-bond donors (Lipinski definition) is 1. The first-order valence-electron chi connectivity index (χ1n) is 11.1. The minimum atomic E-state index is -0.674. The molecule has 0 saturated heterocycles.